The van der Waals surface area contributed by atoms with Crippen molar-refractivity contribution in [2.45, 2.75) is 52.6 Å². The van der Waals surface area contributed by atoms with Crippen LogP contribution in [0.3, 0.4) is 0 Å². The molecule has 0 bridgehead atoms. The SMILES string of the molecule is CC(C)(C)N=[Se]=O.CC(C)(C)N=[Se]=O. The summed E-state index contributed by atoms with van der Waals surface area (Å²) in [6.07, 6.45) is 0. The zero-order chi connectivity index (χ0) is 11.8. The molecule has 0 aromatic carbocycles. The van der Waals surface area contributed by atoms with Gasteiger partial charge in [0.1, 0.15) is 0 Å². The number of hydrogen-bond donors (Lipinski definition) is 0. The Kier molecular flexibility index (Phi) is 8.95. The Bertz CT molecular complexity index is 225. The van der Waals surface area contributed by atoms with E-state index in [0.29, 0.717) is 0 Å². The Labute approximate surface area is 97.6 Å². The molecule has 0 saturated heterocycles. The molecule has 0 atom stereocenters. The molecule has 0 aliphatic rings. The van der Waals surface area contributed by atoms with E-state index < -0.39 is 29.4 Å². The zero-order valence-corrected chi connectivity index (χ0v) is 13.0. The van der Waals surface area contributed by atoms with Crippen LogP contribution in [0.15, 0.2) is 7.92 Å². The summed E-state index contributed by atoms with van der Waals surface area (Å²) in [7, 11) is 0. The summed E-state index contributed by atoms with van der Waals surface area (Å²) >= 11 is -1.53. The fraction of sp³-hybridized carbons (Fsp3) is 1.00. The maximum absolute atomic E-state index is 9.84. The van der Waals surface area contributed by atoms with Crippen LogP contribution in [0.2, 0.25) is 0 Å². The van der Waals surface area contributed by atoms with Crippen LogP contribution in [0, 0.1) is 0 Å². The van der Waals surface area contributed by atoms with Crippen molar-refractivity contribution in [2.75, 3.05) is 0 Å². The molecule has 0 amide bonds. The quantitative estimate of drug-likeness (QED) is 0.638. The third-order valence-electron chi connectivity index (χ3n) is 0.622. The van der Waals surface area contributed by atoms with Gasteiger partial charge in [-0.2, -0.15) is 0 Å². The molecule has 0 N–H and O–H groups in total. The van der Waals surface area contributed by atoms with E-state index in [1.54, 1.807) is 0 Å². The predicted octanol–water partition coefficient (Wildman–Crippen LogP) is 2.04. The molecule has 0 aromatic heterocycles. The maximum atomic E-state index is 9.84. The van der Waals surface area contributed by atoms with Gasteiger partial charge in [0, 0.05) is 0 Å². The van der Waals surface area contributed by atoms with Gasteiger partial charge in [-0.1, -0.05) is 0 Å². The van der Waals surface area contributed by atoms with Crippen molar-refractivity contribution in [2.24, 2.45) is 7.92 Å². The summed E-state index contributed by atoms with van der Waals surface area (Å²) in [6.45, 7) is 11.5. The summed E-state index contributed by atoms with van der Waals surface area (Å²) in [5, 5.41) is 0. The molecule has 0 spiro atoms. The van der Waals surface area contributed by atoms with Gasteiger partial charge in [-0.15, -0.1) is 0 Å². The van der Waals surface area contributed by atoms with Crippen molar-refractivity contribution in [1.82, 2.24) is 0 Å². The minimum absolute atomic E-state index is 0.109. The molecular weight excluding hydrogens is 314 g/mol. The summed E-state index contributed by atoms with van der Waals surface area (Å²) in [6, 6.07) is 0. The molecule has 0 aliphatic carbocycles. The molecule has 84 valence electrons. The fourth-order valence-electron chi connectivity index (χ4n) is 0.224. The second kappa shape index (κ2) is 7.52. The van der Waals surface area contributed by atoms with Crippen molar-refractivity contribution in [1.29, 1.82) is 0 Å². The Hall–Kier alpha value is 0.239. The second-order valence-electron chi connectivity index (χ2n) is 4.67. The molecular formula is C8H18N2O2Se2. The Morgan fingerprint density at radius 1 is 0.714 bits per heavy atom. The van der Waals surface area contributed by atoms with Crippen LogP contribution in [0.1, 0.15) is 41.5 Å². The van der Waals surface area contributed by atoms with E-state index in [9.17, 15) is 7.67 Å². The van der Waals surface area contributed by atoms with Crippen molar-refractivity contribution < 1.29 is 7.67 Å². The number of nitrogens with zero attached hydrogens (tertiary/aromatic N) is 2. The standard InChI is InChI=1S/2C4H9NOSe/c2*1-4(2,3)5-7-6/h2*1-3H3. The van der Waals surface area contributed by atoms with E-state index in [4.69, 9.17) is 0 Å². The second-order valence-corrected chi connectivity index (χ2v) is 6.06. The molecule has 0 rings (SSSR count). The van der Waals surface area contributed by atoms with Crippen molar-refractivity contribution >= 4 is 29.4 Å². The molecule has 4 nitrogen and oxygen atoms in total. The van der Waals surface area contributed by atoms with Crippen molar-refractivity contribution in [3.8, 4) is 0 Å². The van der Waals surface area contributed by atoms with E-state index in [1.165, 1.54) is 0 Å². The fourth-order valence-corrected chi connectivity index (χ4v) is 1.16. The average molecular weight is 332 g/mol. The summed E-state index contributed by atoms with van der Waals surface area (Å²) in [5.41, 5.74) is -0.219. The summed E-state index contributed by atoms with van der Waals surface area (Å²) in [4.78, 5) is 0. The van der Waals surface area contributed by atoms with Gasteiger partial charge in [0.25, 0.3) is 0 Å². The third-order valence-corrected chi connectivity index (χ3v) is 3.23. The monoisotopic (exact) mass is 334 g/mol. The third kappa shape index (κ3) is 22.8. The first-order valence-electron chi connectivity index (χ1n) is 4.15. The van der Waals surface area contributed by atoms with Gasteiger partial charge in [-0.05, 0) is 0 Å². The van der Waals surface area contributed by atoms with Gasteiger partial charge in [0.15, 0.2) is 0 Å². The van der Waals surface area contributed by atoms with Crippen LogP contribution in [-0.2, 0) is 7.67 Å². The first kappa shape index (κ1) is 16.7. The van der Waals surface area contributed by atoms with Gasteiger partial charge >= 0.3 is 97.6 Å². The van der Waals surface area contributed by atoms with E-state index >= 15 is 0 Å². The first-order chi connectivity index (χ1) is 6.12. The molecule has 0 aromatic rings. The summed E-state index contributed by atoms with van der Waals surface area (Å²) in [5.74, 6) is 0. The average Bonchev–Trinajstić information content (AvgIpc) is 1.81. The number of rotatable bonds is 0. The zero-order valence-electron chi connectivity index (χ0n) is 9.53. The van der Waals surface area contributed by atoms with Gasteiger partial charge in [0.2, 0.25) is 0 Å². The van der Waals surface area contributed by atoms with Crippen molar-refractivity contribution in [3.05, 3.63) is 0 Å². The Morgan fingerprint density at radius 2 is 0.929 bits per heavy atom. The van der Waals surface area contributed by atoms with E-state index in [2.05, 4.69) is 7.92 Å². The van der Waals surface area contributed by atoms with Crippen LogP contribution in [0.5, 0.6) is 0 Å². The molecule has 0 aliphatic heterocycles. The van der Waals surface area contributed by atoms with Crippen LogP contribution in [0.4, 0.5) is 0 Å². The Balaban J connectivity index is 0. The minimum atomic E-state index is -0.766. The van der Waals surface area contributed by atoms with Crippen LogP contribution in [-0.4, -0.2) is 40.5 Å². The summed E-state index contributed by atoms with van der Waals surface area (Å²) < 4.78 is 27.2. The van der Waals surface area contributed by atoms with Gasteiger partial charge < -0.3 is 0 Å². The van der Waals surface area contributed by atoms with Crippen LogP contribution >= 0.6 is 0 Å². The molecule has 0 saturated carbocycles. The predicted molar refractivity (Wildman–Crippen MR) is 57.2 cm³/mol. The normalized spacial score (nSPS) is 10.7. The molecule has 6 heteroatoms. The molecule has 0 fully saturated rings. The Morgan fingerprint density at radius 3 is 0.929 bits per heavy atom. The number of hydrogen-bond acceptors (Lipinski definition) is 4. The first-order valence-corrected chi connectivity index (χ1v) is 7.08. The topological polar surface area (TPSA) is 58.9 Å². The van der Waals surface area contributed by atoms with Gasteiger partial charge in [-0.25, -0.2) is 0 Å². The van der Waals surface area contributed by atoms with E-state index in [-0.39, 0.29) is 11.1 Å². The molecule has 0 unspecified atom stereocenters. The molecule has 0 heterocycles. The van der Waals surface area contributed by atoms with Crippen molar-refractivity contribution in [3.63, 3.8) is 0 Å². The van der Waals surface area contributed by atoms with Crippen LogP contribution < -0.4 is 0 Å². The van der Waals surface area contributed by atoms with Gasteiger partial charge in [-0.3, -0.25) is 0 Å². The van der Waals surface area contributed by atoms with Gasteiger partial charge in [0.05, 0.1) is 0 Å². The molecule has 14 heavy (non-hydrogen) atoms. The van der Waals surface area contributed by atoms with E-state index in [0.717, 1.165) is 0 Å². The van der Waals surface area contributed by atoms with Crippen LogP contribution in [0.25, 0.3) is 0 Å². The molecule has 0 radical (unpaired) electrons. The van der Waals surface area contributed by atoms with E-state index in [1.807, 2.05) is 41.5 Å².